The Hall–Kier alpha value is -0.510. The standard InChI is InChI=1S/C3H8.CN/c1-3-2;1-2/h3H2,1-2H3;/q;-1. The Morgan fingerprint density at radius 1 is 1.40 bits per heavy atom. The lowest BCUT2D eigenvalue weighted by atomic mass is 10.6. The number of hydrogen-bond acceptors (Lipinski definition) is 1. The Morgan fingerprint density at radius 3 is 1.40 bits per heavy atom. The zero-order valence-corrected chi connectivity index (χ0v) is 3.65. The van der Waals surface area contributed by atoms with Gasteiger partial charge in [-0.15, -0.1) is 0 Å². The fraction of sp³-hybridized carbons (Fsp3) is 0.750. The van der Waals surface area contributed by atoms with Gasteiger partial charge in [-0.1, -0.05) is 20.3 Å². The van der Waals surface area contributed by atoms with E-state index in [1.165, 1.54) is 6.42 Å². The van der Waals surface area contributed by atoms with Gasteiger partial charge in [-0.05, 0) is 0 Å². The van der Waals surface area contributed by atoms with E-state index < -0.39 is 0 Å². The average Bonchev–Trinajstić information content (AvgIpc) is 1.46. The molecule has 30 valence electrons. The maximum Gasteiger partial charge on any atom is -0.0590 e. The molecule has 0 saturated carbocycles. The van der Waals surface area contributed by atoms with Crippen molar-refractivity contribution in [3.8, 4) is 0 Å². The zero-order valence-electron chi connectivity index (χ0n) is 3.65. The number of nitrogens with zero attached hydrogens (tertiary/aromatic N) is 1. The molecule has 0 amide bonds. The normalized spacial score (nSPS) is 4.00. The van der Waals surface area contributed by atoms with Gasteiger partial charge in [0.25, 0.3) is 0 Å². The van der Waals surface area contributed by atoms with Crippen LogP contribution in [0.25, 0.3) is 0 Å². The lowest BCUT2D eigenvalue weighted by molar-refractivity contribution is 1.09. The van der Waals surface area contributed by atoms with Crippen molar-refractivity contribution in [1.29, 1.82) is 5.26 Å². The summed E-state index contributed by atoms with van der Waals surface area (Å²) in [5.41, 5.74) is 0. The summed E-state index contributed by atoms with van der Waals surface area (Å²) < 4.78 is 0. The van der Waals surface area contributed by atoms with Crippen molar-refractivity contribution in [3.05, 3.63) is 6.57 Å². The molecule has 0 heterocycles. The Balaban J connectivity index is 0. The molecule has 1 nitrogen and oxygen atoms in total. The Kier molecular flexibility index (Phi) is 159. The molecule has 0 aliphatic rings. The van der Waals surface area contributed by atoms with Crippen LogP contribution in [0.4, 0.5) is 0 Å². The first-order valence-electron chi connectivity index (χ1n) is 1.64. The Labute approximate surface area is 33.2 Å². The van der Waals surface area contributed by atoms with Gasteiger partial charge in [-0.2, -0.15) is 0 Å². The highest BCUT2D eigenvalue weighted by Gasteiger charge is 1.35. The summed E-state index contributed by atoms with van der Waals surface area (Å²) in [6, 6.07) is 0. The van der Waals surface area contributed by atoms with Crippen LogP contribution >= 0.6 is 0 Å². The van der Waals surface area contributed by atoms with Crippen molar-refractivity contribution in [1.82, 2.24) is 0 Å². The van der Waals surface area contributed by atoms with Gasteiger partial charge in [0.2, 0.25) is 0 Å². The maximum absolute atomic E-state index is 6.25. The predicted molar refractivity (Wildman–Crippen MR) is 20.9 cm³/mol. The van der Waals surface area contributed by atoms with Gasteiger partial charge in [0.15, 0.2) is 0 Å². The fourth-order valence-electron chi connectivity index (χ4n) is 0. The monoisotopic (exact) mass is 70.1 g/mol. The molecular formula is C4H8N-. The summed E-state index contributed by atoms with van der Waals surface area (Å²) in [5.74, 6) is 0. The number of hydrogen-bond donors (Lipinski definition) is 0. The van der Waals surface area contributed by atoms with Crippen LogP contribution in [0.5, 0.6) is 0 Å². The minimum absolute atomic E-state index is 1.25. The summed E-state index contributed by atoms with van der Waals surface area (Å²) in [4.78, 5) is 0. The summed E-state index contributed by atoms with van der Waals surface area (Å²) in [6.07, 6.45) is 1.25. The summed E-state index contributed by atoms with van der Waals surface area (Å²) in [6.45, 7) is 9.00. The van der Waals surface area contributed by atoms with Gasteiger partial charge >= 0.3 is 0 Å². The summed E-state index contributed by atoms with van der Waals surface area (Å²) in [7, 11) is 0. The first kappa shape index (κ1) is 8.82. The highest BCUT2D eigenvalue weighted by Crippen LogP contribution is 1.56. The van der Waals surface area contributed by atoms with E-state index in [0.717, 1.165) is 0 Å². The molecule has 0 aliphatic carbocycles. The molecule has 0 radical (unpaired) electrons. The largest absolute Gasteiger partial charge is 0.512 e. The van der Waals surface area contributed by atoms with E-state index in [2.05, 4.69) is 13.8 Å². The SMILES string of the molecule is CCC.[C-]#N. The van der Waals surface area contributed by atoms with Crippen LogP contribution in [0.15, 0.2) is 0 Å². The second kappa shape index (κ2) is 90.1. The molecule has 0 N–H and O–H groups in total. The maximum atomic E-state index is 6.25. The van der Waals surface area contributed by atoms with E-state index in [9.17, 15) is 0 Å². The lowest BCUT2D eigenvalue weighted by Crippen LogP contribution is -1.27. The highest BCUT2D eigenvalue weighted by atomic mass is 14.2. The molecule has 0 aromatic carbocycles. The molecule has 0 aliphatic heterocycles. The molecule has 0 atom stereocenters. The molecule has 0 saturated heterocycles. The molecular weight excluding hydrogens is 62.1 g/mol. The summed E-state index contributed by atoms with van der Waals surface area (Å²) >= 11 is 0. The van der Waals surface area contributed by atoms with E-state index in [4.69, 9.17) is 11.8 Å². The number of rotatable bonds is 0. The third-order valence-electron chi connectivity index (χ3n) is 0. The minimum atomic E-state index is 1.25. The van der Waals surface area contributed by atoms with E-state index >= 15 is 0 Å². The lowest BCUT2D eigenvalue weighted by Gasteiger charge is -1.48. The molecule has 0 rings (SSSR count). The topological polar surface area (TPSA) is 23.8 Å². The molecule has 0 fully saturated rings. The minimum Gasteiger partial charge on any atom is -0.512 e. The quantitative estimate of drug-likeness (QED) is 0.396. The van der Waals surface area contributed by atoms with Crippen LogP contribution < -0.4 is 0 Å². The van der Waals surface area contributed by atoms with Crippen LogP contribution in [0.2, 0.25) is 0 Å². The van der Waals surface area contributed by atoms with Gasteiger partial charge in [0.1, 0.15) is 0 Å². The van der Waals surface area contributed by atoms with Crippen molar-refractivity contribution in [2.45, 2.75) is 20.3 Å². The zero-order chi connectivity index (χ0) is 4.71. The van der Waals surface area contributed by atoms with Crippen LogP contribution in [-0.4, -0.2) is 0 Å². The van der Waals surface area contributed by atoms with Gasteiger partial charge in [0.05, 0.1) is 0 Å². The van der Waals surface area contributed by atoms with Crippen LogP contribution in [-0.2, 0) is 0 Å². The molecule has 1 heteroatoms. The smallest absolute Gasteiger partial charge is 0.0590 e. The summed E-state index contributed by atoms with van der Waals surface area (Å²) in [5, 5.41) is 6.25. The highest BCUT2D eigenvalue weighted by molar-refractivity contribution is 3.92. The molecule has 0 aromatic rings. The van der Waals surface area contributed by atoms with Crippen molar-refractivity contribution in [2.24, 2.45) is 0 Å². The van der Waals surface area contributed by atoms with Gasteiger partial charge in [0, 0.05) is 0 Å². The third-order valence-corrected chi connectivity index (χ3v) is 0. The first-order valence-corrected chi connectivity index (χ1v) is 1.64. The fourth-order valence-corrected chi connectivity index (χ4v) is 0. The van der Waals surface area contributed by atoms with Gasteiger partial charge < -0.3 is 11.8 Å². The molecule has 0 unspecified atom stereocenters. The van der Waals surface area contributed by atoms with E-state index in [1.54, 1.807) is 0 Å². The molecule has 0 aromatic heterocycles. The first-order chi connectivity index (χ1) is 2.41. The average molecular weight is 70.1 g/mol. The van der Waals surface area contributed by atoms with Gasteiger partial charge in [-0.3, -0.25) is 0 Å². The van der Waals surface area contributed by atoms with Crippen molar-refractivity contribution in [2.75, 3.05) is 0 Å². The van der Waals surface area contributed by atoms with Crippen LogP contribution in [0, 0.1) is 11.8 Å². The van der Waals surface area contributed by atoms with Crippen molar-refractivity contribution in [3.63, 3.8) is 0 Å². The predicted octanol–water partition coefficient (Wildman–Crippen LogP) is 1.51. The molecule has 0 spiro atoms. The van der Waals surface area contributed by atoms with Gasteiger partial charge in [-0.25, -0.2) is 0 Å². The van der Waals surface area contributed by atoms with Crippen LogP contribution in [0.1, 0.15) is 20.3 Å². The van der Waals surface area contributed by atoms with Crippen molar-refractivity contribution >= 4 is 0 Å². The molecule has 5 heavy (non-hydrogen) atoms. The Morgan fingerprint density at radius 2 is 1.40 bits per heavy atom. The second-order valence-electron chi connectivity index (χ2n) is 0.707. The third kappa shape index (κ3) is 29.8. The van der Waals surface area contributed by atoms with E-state index in [0.29, 0.717) is 0 Å². The van der Waals surface area contributed by atoms with E-state index in [1.807, 2.05) is 0 Å². The second-order valence-corrected chi connectivity index (χ2v) is 0.707. The molecule has 0 bridgehead atoms. The van der Waals surface area contributed by atoms with Crippen LogP contribution in [0.3, 0.4) is 0 Å². The Bertz CT molecular complexity index is 14.9. The van der Waals surface area contributed by atoms with E-state index in [-0.39, 0.29) is 0 Å². The van der Waals surface area contributed by atoms with Crippen molar-refractivity contribution < 1.29 is 0 Å².